The largest absolute Gasteiger partial charge is 0.490 e. The third-order valence-electron chi connectivity index (χ3n) is 3.75. The van der Waals surface area contributed by atoms with Crippen LogP contribution in [0.5, 0.6) is 5.75 Å². The average molecular weight is 248 g/mol. The zero-order valence-corrected chi connectivity index (χ0v) is 11.1. The van der Waals surface area contributed by atoms with Crippen LogP contribution in [0.25, 0.3) is 0 Å². The summed E-state index contributed by atoms with van der Waals surface area (Å²) in [7, 11) is -1.41. The molecule has 0 bridgehead atoms. The van der Waals surface area contributed by atoms with Crippen LogP contribution >= 0.6 is 0 Å². The molecule has 0 heterocycles. The van der Waals surface area contributed by atoms with Crippen LogP contribution in [0.15, 0.2) is 18.2 Å². The van der Waals surface area contributed by atoms with Crippen molar-refractivity contribution in [2.75, 3.05) is 0 Å². The highest BCUT2D eigenvalue weighted by Gasteiger charge is 2.20. The first-order valence-corrected chi connectivity index (χ1v) is 6.69. The zero-order chi connectivity index (χ0) is 13.1. The Morgan fingerprint density at radius 2 is 1.83 bits per heavy atom. The zero-order valence-electron chi connectivity index (χ0n) is 11.1. The second kappa shape index (κ2) is 5.76. The molecule has 1 aliphatic carbocycles. The molecule has 1 saturated carbocycles. The van der Waals surface area contributed by atoms with Crippen molar-refractivity contribution in [2.24, 2.45) is 5.92 Å². The Morgan fingerprint density at radius 3 is 2.39 bits per heavy atom. The molecule has 18 heavy (non-hydrogen) atoms. The van der Waals surface area contributed by atoms with Crippen molar-refractivity contribution in [1.82, 2.24) is 0 Å². The van der Waals surface area contributed by atoms with Gasteiger partial charge in [0.05, 0.1) is 6.10 Å². The molecule has 0 aliphatic heterocycles. The third kappa shape index (κ3) is 3.27. The van der Waals surface area contributed by atoms with Crippen molar-refractivity contribution in [3.63, 3.8) is 0 Å². The molecule has 0 unspecified atom stereocenters. The number of hydrogen-bond donors (Lipinski definition) is 2. The second-order valence-electron chi connectivity index (χ2n) is 5.40. The lowest BCUT2D eigenvalue weighted by atomic mass is 9.79. The highest BCUT2D eigenvalue weighted by Crippen LogP contribution is 2.28. The molecule has 0 atom stereocenters. The maximum atomic E-state index is 9.10. The van der Waals surface area contributed by atoms with Crippen molar-refractivity contribution in [3.05, 3.63) is 23.8 Å². The maximum absolute atomic E-state index is 9.10. The lowest BCUT2D eigenvalue weighted by molar-refractivity contribution is 0.135. The fraction of sp³-hybridized carbons (Fsp3) is 0.571. The molecule has 1 aliphatic rings. The molecule has 2 rings (SSSR count). The van der Waals surface area contributed by atoms with Crippen molar-refractivity contribution in [1.29, 1.82) is 0 Å². The second-order valence-corrected chi connectivity index (χ2v) is 5.40. The Morgan fingerprint density at radius 1 is 1.17 bits per heavy atom. The number of benzene rings is 1. The Labute approximate surface area is 109 Å². The van der Waals surface area contributed by atoms with Gasteiger partial charge in [-0.2, -0.15) is 0 Å². The van der Waals surface area contributed by atoms with E-state index in [1.807, 2.05) is 13.0 Å². The van der Waals surface area contributed by atoms with Gasteiger partial charge >= 0.3 is 7.12 Å². The number of ether oxygens (including phenoxy) is 1. The fourth-order valence-electron chi connectivity index (χ4n) is 2.49. The third-order valence-corrected chi connectivity index (χ3v) is 3.75. The standard InChI is InChI=1S/C14H21BO3/c1-10-3-6-13(7-4-10)18-14-8-5-12(15(16)17)9-11(14)2/h5,8-10,13,16-17H,3-4,6-7H2,1-2H3. The van der Waals surface area contributed by atoms with Gasteiger partial charge in [-0.05, 0) is 55.6 Å². The van der Waals surface area contributed by atoms with Crippen LogP contribution in [-0.4, -0.2) is 23.3 Å². The van der Waals surface area contributed by atoms with E-state index in [9.17, 15) is 0 Å². The Kier molecular flexibility index (Phi) is 4.30. The fourth-order valence-corrected chi connectivity index (χ4v) is 2.49. The number of rotatable bonds is 3. The van der Waals surface area contributed by atoms with Crippen LogP contribution in [0, 0.1) is 12.8 Å². The quantitative estimate of drug-likeness (QED) is 0.799. The molecule has 1 aromatic carbocycles. The number of hydrogen-bond acceptors (Lipinski definition) is 3. The Hall–Kier alpha value is -0.995. The van der Waals surface area contributed by atoms with Gasteiger partial charge in [-0.3, -0.25) is 0 Å². The highest BCUT2D eigenvalue weighted by atomic mass is 16.5. The van der Waals surface area contributed by atoms with Crippen LogP contribution < -0.4 is 10.2 Å². The van der Waals surface area contributed by atoms with Crippen molar-refractivity contribution >= 4 is 12.6 Å². The molecule has 0 saturated heterocycles. The van der Waals surface area contributed by atoms with E-state index in [0.717, 1.165) is 30.1 Å². The molecule has 3 nitrogen and oxygen atoms in total. The first-order chi connectivity index (χ1) is 8.56. The summed E-state index contributed by atoms with van der Waals surface area (Å²) in [5.74, 6) is 1.68. The van der Waals surface area contributed by atoms with Crippen LogP contribution in [0.2, 0.25) is 0 Å². The smallest absolute Gasteiger partial charge is 0.488 e. The van der Waals surface area contributed by atoms with E-state index in [2.05, 4.69) is 6.92 Å². The predicted octanol–water partition coefficient (Wildman–Crippen LogP) is 1.63. The first-order valence-electron chi connectivity index (χ1n) is 6.69. The first kappa shape index (κ1) is 13.4. The van der Waals surface area contributed by atoms with Gasteiger partial charge in [0, 0.05) is 0 Å². The lowest BCUT2D eigenvalue weighted by Gasteiger charge is -2.27. The molecule has 98 valence electrons. The van der Waals surface area contributed by atoms with Gasteiger partial charge in [0.1, 0.15) is 5.75 Å². The summed E-state index contributed by atoms with van der Waals surface area (Å²) in [5, 5.41) is 18.2. The minimum Gasteiger partial charge on any atom is -0.490 e. The van der Waals surface area contributed by atoms with Gasteiger partial charge < -0.3 is 14.8 Å². The van der Waals surface area contributed by atoms with E-state index < -0.39 is 7.12 Å². The molecule has 0 radical (unpaired) electrons. The molecule has 0 amide bonds. The van der Waals surface area contributed by atoms with Gasteiger partial charge in [0.25, 0.3) is 0 Å². The summed E-state index contributed by atoms with van der Waals surface area (Å²) >= 11 is 0. The molecule has 1 fully saturated rings. The average Bonchev–Trinajstić information content (AvgIpc) is 2.34. The van der Waals surface area contributed by atoms with Crippen molar-refractivity contribution < 1.29 is 14.8 Å². The lowest BCUT2D eigenvalue weighted by Crippen LogP contribution is -2.30. The maximum Gasteiger partial charge on any atom is 0.488 e. The molecule has 1 aromatic rings. The minimum atomic E-state index is -1.41. The van der Waals surface area contributed by atoms with E-state index >= 15 is 0 Å². The van der Waals surface area contributed by atoms with Gasteiger partial charge in [-0.25, -0.2) is 0 Å². The topological polar surface area (TPSA) is 49.7 Å². The minimum absolute atomic E-state index is 0.310. The van der Waals surface area contributed by atoms with Gasteiger partial charge in [0.15, 0.2) is 0 Å². The summed E-state index contributed by atoms with van der Waals surface area (Å²) in [6.45, 7) is 4.23. The van der Waals surface area contributed by atoms with E-state index in [0.29, 0.717) is 11.6 Å². The molecular weight excluding hydrogens is 227 g/mol. The SMILES string of the molecule is Cc1cc(B(O)O)ccc1OC1CCC(C)CC1. The summed E-state index contributed by atoms with van der Waals surface area (Å²) in [6, 6.07) is 5.31. The predicted molar refractivity (Wildman–Crippen MR) is 73.1 cm³/mol. The van der Waals surface area contributed by atoms with Crippen LogP contribution in [-0.2, 0) is 0 Å². The van der Waals surface area contributed by atoms with E-state index in [1.165, 1.54) is 12.8 Å². The Bertz CT molecular complexity index is 398. The molecule has 0 aromatic heterocycles. The van der Waals surface area contributed by atoms with Gasteiger partial charge in [0.2, 0.25) is 0 Å². The monoisotopic (exact) mass is 248 g/mol. The number of aryl methyl sites for hydroxylation is 1. The van der Waals surface area contributed by atoms with E-state index in [4.69, 9.17) is 14.8 Å². The van der Waals surface area contributed by atoms with Crippen LogP contribution in [0.3, 0.4) is 0 Å². The Balaban J connectivity index is 2.01. The van der Waals surface area contributed by atoms with E-state index in [1.54, 1.807) is 12.1 Å². The van der Waals surface area contributed by atoms with Crippen molar-refractivity contribution in [3.8, 4) is 5.75 Å². The van der Waals surface area contributed by atoms with Gasteiger partial charge in [-0.1, -0.05) is 19.1 Å². The molecule has 2 N–H and O–H groups in total. The normalized spacial score (nSPS) is 23.8. The van der Waals surface area contributed by atoms with Crippen molar-refractivity contribution in [2.45, 2.75) is 45.6 Å². The van der Waals surface area contributed by atoms with Crippen LogP contribution in [0.4, 0.5) is 0 Å². The summed E-state index contributed by atoms with van der Waals surface area (Å²) in [6.07, 6.45) is 5.01. The molecule has 0 spiro atoms. The summed E-state index contributed by atoms with van der Waals surface area (Å²) < 4.78 is 6.01. The molecular formula is C14H21BO3. The van der Waals surface area contributed by atoms with Crippen LogP contribution in [0.1, 0.15) is 38.2 Å². The summed E-state index contributed by atoms with van der Waals surface area (Å²) in [5.41, 5.74) is 1.47. The summed E-state index contributed by atoms with van der Waals surface area (Å²) in [4.78, 5) is 0. The van der Waals surface area contributed by atoms with Gasteiger partial charge in [-0.15, -0.1) is 0 Å². The molecule has 4 heteroatoms. The van der Waals surface area contributed by atoms with E-state index in [-0.39, 0.29) is 0 Å². The highest BCUT2D eigenvalue weighted by molar-refractivity contribution is 6.58.